The molecule has 42 heavy (non-hydrogen) atoms. The van der Waals surface area contributed by atoms with Crippen LogP contribution < -0.4 is 14.4 Å². The number of nitrogens with one attached hydrogen (secondary N) is 1. The van der Waals surface area contributed by atoms with Crippen LogP contribution in [0.3, 0.4) is 0 Å². The van der Waals surface area contributed by atoms with Gasteiger partial charge in [0.2, 0.25) is 21.8 Å². The van der Waals surface area contributed by atoms with Gasteiger partial charge in [0.1, 0.15) is 24.1 Å². The molecule has 1 saturated carbocycles. The van der Waals surface area contributed by atoms with Gasteiger partial charge < -0.3 is 15.0 Å². The number of amides is 2. The highest BCUT2D eigenvalue weighted by Crippen LogP contribution is 2.29. The van der Waals surface area contributed by atoms with Gasteiger partial charge in [-0.1, -0.05) is 67.2 Å². The number of hydrogen-bond acceptors (Lipinski definition) is 5. The van der Waals surface area contributed by atoms with Crippen molar-refractivity contribution in [1.29, 1.82) is 0 Å². The summed E-state index contributed by atoms with van der Waals surface area (Å²) in [7, 11) is -3.89. The lowest BCUT2D eigenvalue weighted by Crippen LogP contribution is -2.53. The maximum Gasteiger partial charge on any atom is 0.244 e. The van der Waals surface area contributed by atoms with Crippen molar-refractivity contribution in [3.8, 4) is 11.5 Å². The Kier molecular flexibility index (Phi) is 10.8. The molecule has 1 aliphatic carbocycles. The number of carbonyl (C=O) groups excluding carboxylic acids is 2. The minimum atomic E-state index is -3.89. The van der Waals surface area contributed by atoms with Crippen LogP contribution in [-0.4, -0.2) is 50.0 Å². The van der Waals surface area contributed by atoms with E-state index >= 15 is 0 Å². The molecule has 0 heterocycles. The Labute approximate surface area is 257 Å². The molecule has 4 rings (SSSR count). The second-order valence-electron chi connectivity index (χ2n) is 10.3. The largest absolute Gasteiger partial charge is 0.457 e. The number of ether oxygens (including phenoxy) is 1. The number of halogens is 2. The highest BCUT2D eigenvalue weighted by Gasteiger charge is 2.33. The third-order valence-electron chi connectivity index (χ3n) is 7.26. The second kappa shape index (κ2) is 14.3. The van der Waals surface area contributed by atoms with Gasteiger partial charge in [0.15, 0.2) is 0 Å². The Bertz CT molecular complexity index is 1460. The van der Waals surface area contributed by atoms with Crippen LogP contribution in [0.25, 0.3) is 0 Å². The fourth-order valence-electron chi connectivity index (χ4n) is 5.06. The van der Waals surface area contributed by atoms with Gasteiger partial charge in [-0.2, -0.15) is 0 Å². The Morgan fingerprint density at radius 1 is 0.929 bits per heavy atom. The van der Waals surface area contributed by atoms with E-state index in [1.165, 1.54) is 4.90 Å². The molecule has 1 aliphatic rings. The van der Waals surface area contributed by atoms with E-state index in [2.05, 4.69) is 5.32 Å². The fraction of sp³-hybridized carbons (Fsp3) is 0.355. The zero-order chi connectivity index (χ0) is 30.3. The van der Waals surface area contributed by atoms with Gasteiger partial charge in [0, 0.05) is 28.2 Å². The molecule has 2 amide bonds. The first-order valence-corrected chi connectivity index (χ1v) is 16.5. The highest BCUT2D eigenvalue weighted by molar-refractivity contribution is 7.92. The van der Waals surface area contributed by atoms with E-state index in [0.29, 0.717) is 33.5 Å². The van der Waals surface area contributed by atoms with Crippen molar-refractivity contribution in [2.24, 2.45) is 0 Å². The Morgan fingerprint density at radius 2 is 1.52 bits per heavy atom. The average Bonchev–Trinajstić information content (AvgIpc) is 3.46. The summed E-state index contributed by atoms with van der Waals surface area (Å²) in [5.41, 5.74) is 0.764. The third kappa shape index (κ3) is 8.18. The molecule has 3 aromatic carbocycles. The van der Waals surface area contributed by atoms with Crippen LogP contribution in [0, 0.1) is 0 Å². The molecule has 0 radical (unpaired) electrons. The van der Waals surface area contributed by atoms with Crippen LogP contribution in [0.15, 0.2) is 72.8 Å². The molecule has 1 N–H and O–H groups in total. The van der Waals surface area contributed by atoms with E-state index in [1.807, 2.05) is 37.3 Å². The van der Waals surface area contributed by atoms with Crippen LogP contribution in [0.2, 0.25) is 10.0 Å². The highest BCUT2D eigenvalue weighted by atomic mass is 35.5. The zero-order valence-electron chi connectivity index (χ0n) is 23.6. The first-order chi connectivity index (χ1) is 20.1. The van der Waals surface area contributed by atoms with Crippen molar-refractivity contribution in [3.05, 3.63) is 88.4 Å². The molecule has 0 bridgehead atoms. The Hall–Kier alpha value is -3.27. The standard InChI is InChI=1S/C31H35Cl2N3O5S/c1-3-29(31(38)34-22-10-7-8-11-22)35(20-26-27(32)14-9-15-28(26)33)30(37)21-36(42(2,39)40)23-16-18-25(19-17-23)41-24-12-5-4-6-13-24/h4-6,9,12-19,22,29H,3,7-8,10-11,20-21H2,1-2H3,(H,34,38)/t29-/m0/s1. The molecule has 1 fully saturated rings. The summed E-state index contributed by atoms with van der Waals surface area (Å²) in [4.78, 5) is 28.8. The molecule has 3 aromatic rings. The molecule has 0 saturated heterocycles. The van der Waals surface area contributed by atoms with Crippen molar-refractivity contribution in [1.82, 2.24) is 10.2 Å². The number of hydrogen-bond donors (Lipinski definition) is 1. The van der Waals surface area contributed by atoms with Crippen LogP contribution >= 0.6 is 23.2 Å². The molecular formula is C31H35Cl2N3O5S. The lowest BCUT2D eigenvalue weighted by atomic mass is 10.1. The van der Waals surface area contributed by atoms with Crippen molar-refractivity contribution < 1.29 is 22.7 Å². The molecule has 0 aromatic heterocycles. The van der Waals surface area contributed by atoms with Gasteiger partial charge in [0.25, 0.3) is 0 Å². The molecule has 0 aliphatic heterocycles. The predicted octanol–water partition coefficient (Wildman–Crippen LogP) is 6.42. The smallest absolute Gasteiger partial charge is 0.244 e. The number of carbonyl (C=O) groups is 2. The Morgan fingerprint density at radius 3 is 2.10 bits per heavy atom. The van der Waals surface area contributed by atoms with E-state index in [4.69, 9.17) is 27.9 Å². The molecule has 224 valence electrons. The maximum absolute atomic E-state index is 14.0. The minimum Gasteiger partial charge on any atom is -0.457 e. The average molecular weight is 633 g/mol. The molecule has 0 spiro atoms. The number of benzene rings is 3. The third-order valence-corrected chi connectivity index (χ3v) is 9.11. The van der Waals surface area contributed by atoms with Crippen LogP contribution in [0.5, 0.6) is 11.5 Å². The molecule has 11 heteroatoms. The predicted molar refractivity (Wildman–Crippen MR) is 167 cm³/mol. The summed E-state index contributed by atoms with van der Waals surface area (Å²) in [6.07, 6.45) is 5.21. The number of para-hydroxylation sites is 1. The summed E-state index contributed by atoms with van der Waals surface area (Å²) in [5, 5.41) is 3.77. The quantitative estimate of drug-likeness (QED) is 0.249. The van der Waals surface area contributed by atoms with E-state index in [9.17, 15) is 18.0 Å². The van der Waals surface area contributed by atoms with Crippen molar-refractivity contribution in [2.75, 3.05) is 17.1 Å². The summed E-state index contributed by atoms with van der Waals surface area (Å²) in [6, 6.07) is 19.8. The monoisotopic (exact) mass is 631 g/mol. The summed E-state index contributed by atoms with van der Waals surface area (Å²) >= 11 is 12.9. The van der Waals surface area contributed by atoms with Crippen molar-refractivity contribution >= 4 is 50.7 Å². The van der Waals surface area contributed by atoms with Gasteiger partial charge in [-0.15, -0.1) is 0 Å². The van der Waals surface area contributed by atoms with Gasteiger partial charge >= 0.3 is 0 Å². The van der Waals surface area contributed by atoms with E-state index in [-0.39, 0.29) is 24.2 Å². The minimum absolute atomic E-state index is 0.0524. The first-order valence-electron chi connectivity index (χ1n) is 13.9. The zero-order valence-corrected chi connectivity index (χ0v) is 26.0. The number of anilines is 1. The van der Waals surface area contributed by atoms with Crippen LogP contribution in [0.1, 0.15) is 44.6 Å². The van der Waals surface area contributed by atoms with Crippen molar-refractivity contribution in [2.45, 2.75) is 57.7 Å². The van der Waals surface area contributed by atoms with Gasteiger partial charge in [0.05, 0.1) is 11.9 Å². The normalized spacial score (nSPS) is 14.3. The van der Waals surface area contributed by atoms with E-state index < -0.39 is 28.5 Å². The molecule has 8 nitrogen and oxygen atoms in total. The summed E-state index contributed by atoms with van der Waals surface area (Å²) < 4.78 is 32.7. The van der Waals surface area contributed by atoms with E-state index in [0.717, 1.165) is 36.2 Å². The fourth-order valence-corrected chi connectivity index (χ4v) is 6.43. The molecule has 1 atom stereocenters. The van der Waals surface area contributed by atoms with Crippen molar-refractivity contribution in [3.63, 3.8) is 0 Å². The number of sulfonamides is 1. The van der Waals surface area contributed by atoms with E-state index in [1.54, 1.807) is 42.5 Å². The van der Waals surface area contributed by atoms with Crippen LogP contribution in [-0.2, 0) is 26.2 Å². The van der Waals surface area contributed by atoms with Gasteiger partial charge in [-0.05, 0) is 67.8 Å². The summed E-state index contributed by atoms with van der Waals surface area (Å²) in [5.74, 6) is 0.300. The number of nitrogens with zero attached hydrogens (tertiary/aromatic N) is 2. The summed E-state index contributed by atoms with van der Waals surface area (Å²) in [6.45, 7) is 1.23. The Balaban J connectivity index is 1.61. The van der Waals surface area contributed by atoms with Gasteiger partial charge in [-0.3, -0.25) is 13.9 Å². The molecular weight excluding hydrogens is 597 g/mol. The SMILES string of the molecule is CC[C@@H](C(=O)NC1CCCC1)N(Cc1c(Cl)cccc1Cl)C(=O)CN(c1ccc(Oc2ccccc2)cc1)S(C)(=O)=O. The second-order valence-corrected chi connectivity index (χ2v) is 13.0. The number of rotatable bonds is 12. The topological polar surface area (TPSA) is 96.0 Å². The lowest BCUT2D eigenvalue weighted by molar-refractivity contribution is -0.140. The first kappa shape index (κ1) is 31.7. The maximum atomic E-state index is 14.0. The molecule has 0 unspecified atom stereocenters. The van der Waals surface area contributed by atoms with Crippen LogP contribution in [0.4, 0.5) is 5.69 Å². The van der Waals surface area contributed by atoms with Gasteiger partial charge in [-0.25, -0.2) is 8.42 Å². The lowest BCUT2D eigenvalue weighted by Gasteiger charge is -2.33.